The summed E-state index contributed by atoms with van der Waals surface area (Å²) >= 11 is 0. The van der Waals surface area contributed by atoms with Gasteiger partial charge in [0.2, 0.25) is 11.8 Å². The topological polar surface area (TPSA) is 69.7 Å². The number of aryl methyl sites for hydroxylation is 2. The van der Waals surface area contributed by atoms with Gasteiger partial charge in [0.15, 0.2) is 0 Å². The third-order valence-corrected chi connectivity index (χ3v) is 5.70. The van der Waals surface area contributed by atoms with Crippen LogP contribution in [0.5, 0.6) is 0 Å². The van der Waals surface area contributed by atoms with Crippen molar-refractivity contribution in [1.29, 1.82) is 0 Å². The number of nitrogens with one attached hydrogen (secondary N) is 1. The van der Waals surface area contributed by atoms with E-state index in [1.165, 1.54) is 5.56 Å². The first-order valence-corrected chi connectivity index (χ1v) is 11.0. The largest absolute Gasteiger partial charge is 0.352 e. The Kier molecular flexibility index (Phi) is 8.21. The van der Waals surface area contributed by atoms with Crippen molar-refractivity contribution in [2.45, 2.75) is 32.6 Å². The van der Waals surface area contributed by atoms with Crippen LogP contribution in [-0.2, 0) is 16.0 Å². The van der Waals surface area contributed by atoms with E-state index in [4.69, 9.17) is 0 Å². The zero-order valence-corrected chi connectivity index (χ0v) is 18.2. The quantitative estimate of drug-likeness (QED) is 0.713. The highest BCUT2D eigenvalue weighted by Gasteiger charge is 2.23. The Morgan fingerprint density at radius 1 is 0.806 bits per heavy atom. The number of amides is 3. The van der Waals surface area contributed by atoms with Gasteiger partial charge in [-0.1, -0.05) is 48.5 Å². The van der Waals surface area contributed by atoms with Crippen LogP contribution in [0.25, 0.3) is 0 Å². The molecule has 0 spiro atoms. The van der Waals surface area contributed by atoms with Crippen LogP contribution in [-0.4, -0.2) is 60.2 Å². The fourth-order valence-electron chi connectivity index (χ4n) is 3.82. The summed E-state index contributed by atoms with van der Waals surface area (Å²) in [6, 6.07) is 17.6. The van der Waals surface area contributed by atoms with E-state index in [9.17, 15) is 14.4 Å². The molecule has 1 N–H and O–H groups in total. The van der Waals surface area contributed by atoms with Gasteiger partial charge in [0.05, 0.1) is 0 Å². The number of piperazine rings is 1. The van der Waals surface area contributed by atoms with Crippen LogP contribution in [0, 0.1) is 6.92 Å². The second-order valence-electron chi connectivity index (χ2n) is 7.92. The summed E-state index contributed by atoms with van der Waals surface area (Å²) in [6.07, 6.45) is 2.54. The van der Waals surface area contributed by atoms with Crippen molar-refractivity contribution in [2.24, 2.45) is 0 Å². The molecule has 0 bridgehead atoms. The van der Waals surface area contributed by atoms with Crippen molar-refractivity contribution in [2.75, 3.05) is 32.7 Å². The summed E-state index contributed by atoms with van der Waals surface area (Å²) in [4.78, 5) is 40.8. The highest BCUT2D eigenvalue weighted by atomic mass is 16.2. The molecule has 1 saturated heterocycles. The minimum atomic E-state index is -0.156. The zero-order chi connectivity index (χ0) is 22.1. The van der Waals surface area contributed by atoms with Crippen LogP contribution in [0.3, 0.4) is 0 Å². The molecule has 1 heterocycles. The fraction of sp³-hybridized carbons (Fsp3) is 0.400. The molecule has 0 radical (unpaired) electrons. The Morgan fingerprint density at radius 2 is 1.39 bits per heavy atom. The maximum atomic E-state index is 12.5. The lowest BCUT2D eigenvalue weighted by atomic mass is 10.1. The smallest absolute Gasteiger partial charge is 0.251 e. The molecule has 6 heteroatoms. The summed E-state index contributed by atoms with van der Waals surface area (Å²) in [6.45, 7) is 4.45. The normalized spacial score (nSPS) is 13.7. The van der Waals surface area contributed by atoms with E-state index in [2.05, 4.69) is 17.4 Å². The number of hydrogen-bond donors (Lipinski definition) is 1. The van der Waals surface area contributed by atoms with Gasteiger partial charge in [-0.2, -0.15) is 0 Å². The number of nitrogens with zero attached hydrogens (tertiary/aromatic N) is 2. The summed E-state index contributed by atoms with van der Waals surface area (Å²) in [5, 5.41) is 2.82. The third-order valence-electron chi connectivity index (χ3n) is 5.70. The standard InChI is InChI=1S/C25H31N3O3/c1-20-8-5-6-12-22(20)25(31)26-15-14-24(30)28-18-16-27(17-19-28)23(29)13-7-11-21-9-3-2-4-10-21/h2-6,8-10,12H,7,11,13-19H2,1H3,(H,26,31). The molecule has 1 aliphatic rings. The van der Waals surface area contributed by atoms with Crippen molar-refractivity contribution in [1.82, 2.24) is 15.1 Å². The lowest BCUT2D eigenvalue weighted by Crippen LogP contribution is -2.51. The van der Waals surface area contributed by atoms with Crippen molar-refractivity contribution in [3.63, 3.8) is 0 Å². The monoisotopic (exact) mass is 421 g/mol. The van der Waals surface area contributed by atoms with Crippen molar-refractivity contribution >= 4 is 17.7 Å². The molecule has 6 nitrogen and oxygen atoms in total. The van der Waals surface area contributed by atoms with E-state index in [0.717, 1.165) is 18.4 Å². The van der Waals surface area contributed by atoms with E-state index in [1.807, 2.05) is 48.2 Å². The molecular formula is C25H31N3O3. The molecular weight excluding hydrogens is 390 g/mol. The lowest BCUT2D eigenvalue weighted by molar-refractivity contribution is -0.139. The summed E-state index contributed by atoms with van der Waals surface area (Å²) < 4.78 is 0. The number of carbonyl (C=O) groups excluding carboxylic acids is 3. The Bertz CT molecular complexity index is 890. The summed E-state index contributed by atoms with van der Waals surface area (Å²) in [5.41, 5.74) is 2.80. The number of benzene rings is 2. The van der Waals surface area contributed by atoms with Crippen LogP contribution >= 0.6 is 0 Å². The fourth-order valence-corrected chi connectivity index (χ4v) is 3.82. The maximum absolute atomic E-state index is 12.5. The average molecular weight is 422 g/mol. The first-order valence-electron chi connectivity index (χ1n) is 11.0. The van der Waals surface area contributed by atoms with Gasteiger partial charge in [0, 0.05) is 51.1 Å². The number of carbonyl (C=O) groups is 3. The molecule has 1 aliphatic heterocycles. The van der Waals surface area contributed by atoms with Gasteiger partial charge in [0.25, 0.3) is 5.91 Å². The molecule has 2 aromatic rings. The summed E-state index contributed by atoms with van der Waals surface area (Å²) in [7, 11) is 0. The molecule has 0 atom stereocenters. The van der Waals surface area contributed by atoms with Crippen molar-refractivity contribution in [3.8, 4) is 0 Å². The first-order chi connectivity index (χ1) is 15.0. The molecule has 3 rings (SSSR count). The minimum absolute atomic E-state index is 0.0151. The molecule has 3 amide bonds. The predicted octanol–water partition coefficient (Wildman–Crippen LogP) is 2.81. The molecule has 0 aromatic heterocycles. The summed E-state index contributed by atoms with van der Waals surface area (Å²) in [5.74, 6) is 0.0200. The Balaban J connectivity index is 1.33. The van der Waals surface area contributed by atoms with Crippen LogP contribution in [0.15, 0.2) is 54.6 Å². The van der Waals surface area contributed by atoms with Gasteiger partial charge < -0.3 is 15.1 Å². The highest BCUT2D eigenvalue weighted by Crippen LogP contribution is 2.10. The van der Waals surface area contributed by atoms with E-state index < -0.39 is 0 Å². The Morgan fingerprint density at radius 3 is 2.03 bits per heavy atom. The number of hydrogen-bond acceptors (Lipinski definition) is 3. The van der Waals surface area contributed by atoms with Gasteiger partial charge in [0.1, 0.15) is 0 Å². The van der Waals surface area contributed by atoms with Crippen LogP contribution < -0.4 is 5.32 Å². The second-order valence-corrected chi connectivity index (χ2v) is 7.92. The van der Waals surface area contributed by atoms with E-state index in [-0.39, 0.29) is 24.1 Å². The third kappa shape index (κ3) is 6.67. The van der Waals surface area contributed by atoms with E-state index in [1.54, 1.807) is 11.0 Å². The molecule has 31 heavy (non-hydrogen) atoms. The van der Waals surface area contributed by atoms with Crippen molar-refractivity contribution in [3.05, 3.63) is 71.3 Å². The lowest BCUT2D eigenvalue weighted by Gasteiger charge is -2.35. The zero-order valence-electron chi connectivity index (χ0n) is 18.2. The number of rotatable bonds is 8. The average Bonchev–Trinajstić information content (AvgIpc) is 2.80. The van der Waals surface area contributed by atoms with E-state index in [0.29, 0.717) is 44.7 Å². The molecule has 0 saturated carbocycles. The van der Waals surface area contributed by atoms with Crippen LogP contribution in [0.2, 0.25) is 0 Å². The SMILES string of the molecule is Cc1ccccc1C(=O)NCCC(=O)N1CCN(C(=O)CCCc2ccccc2)CC1. The van der Waals surface area contributed by atoms with Gasteiger partial charge in [-0.05, 0) is 37.0 Å². The predicted molar refractivity (Wildman–Crippen MR) is 121 cm³/mol. The van der Waals surface area contributed by atoms with Crippen LogP contribution in [0.4, 0.5) is 0 Å². The molecule has 2 aromatic carbocycles. The van der Waals surface area contributed by atoms with Gasteiger partial charge in [-0.25, -0.2) is 0 Å². The van der Waals surface area contributed by atoms with Crippen LogP contribution in [0.1, 0.15) is 40.7 Å². The van der Waals surface area contributed by atoms with Gasteiger partial charge >= 0.3 is 0 Å². The van der Waals surface area contributed by atoms with Crippen molar-refractivity contribution < 1.29 is 14.4 Å². The maximum Gasteiger partial charge on any atom is 0.251 e. The van der Waals surface area contributed by atoms with E-state index >= 15 is 0 Å². The molecule has 0 unspecified atom stereocenters. The van der Waals surface area contributed by atoms with Gasteiger partial charge in [-0.3, -0.25) is 14.4 Å². The highest BCUT2D eigenvalue weighted by molar-refractivity contribution is 5.95. The molecule has 0 aliphatic carbocycles. The van der Waals surface area contributed by atoms with Gasteiger partial charge in [-0.15, -0.1) is 0 Å². The Labute approximate surface area is 184 Å². The first kappa shape index (κ1) is 22.5. The Hall–Kier alpha value is -3.15. The molecule has 1 fully saturated rings. The minimum Gasteiger partial charge on any atom is -0.352 e. The second kappa shape index (κ2) is 11.3. The molecule has 164 valence electrons.